The molecule has 2 fully saturated rings. The molecule has 9 aromatic rings. The molecule has 5 aliphatic heterocycles. The minimum Gasteiger partial charge on any atom is -0.481 e. The Bertz CT molecular complexity index is 4780. The number of hydrogen-bond acceptors (Lipinski definition) is 19. The van der Waals surface area contributed by atoms with Crippen molar-refractivity contribution in [3.63, 3.8) is 0 Å². The van der Waals surface area contributed by atoms with Crippen LogP contribution < -0.4 is 14.2 Å². The molecule has 1 aliphatic carbocycles. The van der Waals surface area contributed by atoms with E-state index in [-0.39, 0.29) is 65.1 Å². The zero-order valence-corrected chi connectivity index (χ0v) is 101. The van der Waals surface area contributed by atoms with Gasteiger partial charge in [0.15, 0.2) is 0 Å². The normalized spacial score (nSPS) is 17.6. The highest BCUT2D eigenvalue weighted by Crippen LogP contribution is 2.62. The van der Waals surface area contributed by atoms with Crippen LogP contribution >= 0.6 is 107 Å². The van der Waals surface area contributed by atoms with E-state index in [1.165, 1.54) is 479 Å². The monoisotopic (exact) mass is 2190 g/mol. The molecule has 0 N–H and O–H groups in total. The predicted molar refractivity (Wildman–Crippen MR) is 638 cm³/mol. The summed E-state index contributed by atoms with van der Waals surface area (Å²) in [5.41, 5.74) is 8.72. The summed E-state index contributed by atoms with van der Waals surface area (Å²) in [5, 5.41) is 6.73. The number of aromatic nitrogens is 4. The summed E-state index contributed by atoms with van der Waals surface area (Å²) in [7, 11) is -0.589. The summed E-state index contributed by atoms with van der Waals surface area (Å²) < 4.78 is 67.9. The number of halogens is 1. The van der Waals surface area contributed by atoms with E-state index in [9.17, 15) is 0 Å². The second-order valence-corrected chi connectivity index (χ2v) is 54.8. The van der Waals surface area contributed by atoms with E-state index in [2.05, 4.69) is 186 Å². The van der Waals surface area contributed by atoms with E-state index >= 15 is 0 Å². The minimum absolute atomic E-state index is 0.0958. The van der Waals surface area contributed by atoms with Crippen molar-refractivity contribution in [1.82, 2.24) is 17.5 Å². The summed E-state index contributed by atoms with van der Waals surface area (Å²) in [6.07, 6.45) is 90.3. The van der Waals surface area contributed by atoms with Crippen LogP contribution in [0.2, 0.25) is 0 Å². The summed E-state index contributed by atoms with van der Waals surface area (Å²) >= 11 is 17.9. The fraction of sp³-hybridized carbons (Fsp3) is 0.740. The van der Waals surface area contributed by atoms with Crippen LogP contribution in [-0.2, 0) is 35.4 Å². The van der Waals surface area contributed by atoms with Crippen LogP contribution in [-0.4, -0.2) is 54.1 Å². The molecule has 0 radical (unpaired) electrons. The van der Waals surface area contributed by atoms with Crippen molar-refractivity contribution in [2.45, 2.75) is 584 Å². The molecule has 2 unspecified atom stereocenters. The maximum Gasteiger partial charge on any atom is 0.467 e. The molecule has 13 heterocycles. The lowest BCUT2D eigenvalue weighted by Crippen LogP contribution is -2.41. The quantitative estimate of drug-likeness (QED) is 0.0268. The number of thiophene rings is 6. The van der Waals surface area contributed by atoms with Gasteiger partial charge in [0.1, 0.15) is 45.1 Å². The molecule has 15 rings (SSSR count). The van der Waals surface area contributed by atoms with Crippen LogP contribution in [0.5, 0.6) is 17.2 Å². The molecule has 0 bridgehead atoms. The molecule has 6 aliphatic rings. The van der Waals surface area contributed by atoms with Gasteiger partial charge in [-0.05, 0) is 214 Å². The van der Waals surface area contributed by atoms with Crippen molar-refractivity contribution < 1.29 is 32.8 Å². The third kappa shape index (κ3) is 33.1. The van der Waals surface area contributed by atoms with Crippen LogP contribution in [0.4, 0.5) is 0 Å². The molecule has 2 atom stereocenters. The Balaban J connectivity index is 0.000000223. The predicted octanol–water partition coefficient (Wildman–Crippen LogP) is 44.2. The van der Waals surface area contributed by atoms with Crippen molar-refractivity contribution in [2.24, 2.45) is 0 Å². The Kier molecular flexibility index (Phi) is 50.1. The summed E-state index contributed by atoms with van der Waals surface area (Å²) in [4.78, 5) is 10.9. The van der Waals surface area contributed by atoms with Crippen molar-refractivity contribution >= 4 is 133 Å². The molecule has 806 valence electrons. The SMILES string of the molecule is CC1(C)OB(C2CCC(B3OC(C)(C)C(C)(C)O3)c3nsnc32)OC1(C)C.CCCCCCCCCCCCC1(CCCCCCCCCCCC)Oc2ccsc2-c2sc(-c3ccc(-c4cc5c(s4)-c4sccc4OC5(CCCCCCCCCCCC)CCCCCCCCCCCC)c4nsnc34)cc21.CCCCCCCCCCCCC1(CCCCCCCCCCCC)Oc2ccsc2-c2sc(Br)cc21. The Morgan fingerprint density at radius 1 is 0.276 bits per heavy atom. The molecule has 8 aromatic heterocycles. The third-order valence-corrected chi connectivity index (χ3v) is 42.1. The zero-order valence-electron chi connectivity index (χ0n) is 93.0. The number of fused-ring (bicyclic) bond motifs is 11. The number of ether oxygens (including phenoxy) is 3. The lowest BCUT2D eigenvalue weighted by Gasteiger charge is -2.38. The second-order valence-electron chi connectivity index (χ2n) is 46.4. The maximum atomic E-state index is 7.43. The number of rotatable bonds is 70. The van der Waals surface area contributed by atoms with Crippen LogP contribution in [0.25, 0.3) is 61.2 Å². The van der Waals surface area contributed by atoms with Crippen molar-refractivity contribution in [1.29, 1.82) is 0 Å². The van der Waals surface area contributed by atoms with Gasteiger partial charge in [0.25, 0.3) is 0 Å². The van der Waals surface area contributed by atoms with E-state index in [1.807, 2.05) is 68.0 Å². The van der Waals surface area contributed by atoms with Crippen molar-refractivity contribution in [3.8, 4) is 67.4 Å². The summed E-state index contributed by atoms with van der Waals surface area (Å²) in [6.45, 7) is 30.6. The van der Waals surface area contributed by atoms with Gasteiger partial charge in [-0.2, -0.15) is 17.5 Å². The van der Waals surface area contributed by atoms with E-state index in [1.54, 1.807) is 0 Å². The molecular formula is C123H191B2BrN4O7S8. The lowest BCUT2D eigenvalue weighted by atomic mass is 9.56. The fourth-order valence-corrected chi connectivity index (χ4v) is 31.9. The van der Waals surface area contributed by atoms with Gasteiger partial charge in [-0.1, -0.05) is 400 Å². The van der Waals surface area contributed by atoms with Gasteiger partial charge in [-0.3, -0.25) is 0 Å². The van der Waals surface area contributed by atoms with Crippen molar-refractivity contribution in [3.05, 3.63) is 96.5 Å². The summed E-state index contributed by atoms with van der Waals surface area (Å²) in [5.74, 6) is 3.53. The first-order chi connectivity index (χ1) is 70.6. The third-order valence-electron chi connectivity index (χ3n) is 33.8. The van der Waals surface area contributed by atoms with Crippen LogP contribution in [0.3, 0.4) is 0 Å². The van der Waals surface area contributed by atoms with E-state index in [0.29, 0.717) is 0 Å². The maximum absolute atomic E-state index is 7.43. The number of nitrogens with zero attached hydrogens (tertiary/aromatic N) is 4. The van der Waals surface area contributed by atoms with E-state index in [0.717, 1.165) is 91.0 Å². The topological polar surface area (TPSA) is 116 Å². The lowest BCUT2D eigenvalue weighted by molar-refractivity contribution is 0.00578. The number of benzene rings is 1. The second kappa shape index (κ2) is 61.2. The molecule has 145 heavy (non-hydrogen) atoms. The molecule has 0 amide bonds. The van der Waals surface area contributed by atoms with Gasteiger partial charge in [-0.15, -0.1) is 68.0 Å². The van der Waals surface area contributed by atoms with E-state index in [4.69, 9.17) is 41.6 Å². The average Bonchev–Trinajstić information content (AvgIpc) is 1.58. The molecule has 0 spiro atoms. The van der Waals surface area contributed by atoms with E-state index < -0.39 is 0 Å². The largest absolute Gasteiger partial charge is 0.481 e. The minimum atomic E-state index is -0.343. The van der Waals surface area contributed by atoms with Crippen LogP contribution in [0.1, 0.15) is 573 Å². The molecular weight excluding hydrogens is 2000 g/mol. The van der Waals surface area contributed by atoms with Crippen molar-refractivity contribution in [2.75, 3.05) is 0 Å². The standard InChI is InChI=1S/C72H108N2O2S5.C33H53BrOS2.C18H30B2N2O4S/c1-5-9-13-17-21-25-29-33-37-41-49-71(50-42-38-34-30-26-22-18-14-10-6-2)59-55-63(79-67(59)69-61(75-71)47-53-77-69)57-45-46-58(66-65(57)73-81-74-66)64-56-60-68(80-64)70-62(48-54-78-70)76-72(60,51-43-39-35-31-27-23-19-15-11-7-3)52-44-40-36-32-28-24-20-16-12-8-4;1-3-5-7-9-11-13-15-17-19-21-24-33(25-22-20-18-16-14-12-10-8-6-4-2)28-27-30(34)37-31(28)32-29(35-33)23-26-36-32;1-15(2)16(3,4)24-19(23-15)11-9-10-12(14-13(11)21-27-22-14)20-25-17(5,6)18(7,8)26-20/h45-48,53-56H,5-44,49-52H2,1-4H3;23,26-27H,3-22,24-25H2,1-2H3;11-12H,9-10H2,1-8H3. The van der Waals surface area contributed by atoms with Gasteiger partial charge >= 0.3 is 14.2 Å². The number of hydrogen-bond donors (Lipinski definition) is 0. The van der Waals surface area contributed by atoms with Crippen LogP contribution in [0, 0.1) is 0 Å². The highest BCUT2D eigenvalue weighted by molar-refractivity contribution is 9.11. The molecule has 0 saturated carbocycles. The zero-order chi connectivity index (χ0) is 102. The Morgan fingerprint density at radius 2 is 0.497 bits per heavy atom. The molecule has 2 saturated heterocycles. The van der Waals surface area contributed by atoms with Gasteiger partial charge in [0.2, 0.25) is 0 Å². The Hall–Kier alpha value is -3.35. The fourth-order valence-electron chi connectivity index (χ4n) is 23.5. The average molecular weight is 2200 g/mol. The van der Waals surface area contributed by atoms with Gasteiger partial charge in [-0.25, -0.2) is 0 Å². The first-order valence-corrected chi connectivity index (χ1v) is 67.1. The van der Waals surface area contributed by atoms with Gasteiger partial charge < -0.3 is 32.8 Å². The van der Waals surface area contributed by atoms with Gasteiger partial charge in [0.05, 0.1) is 90.3 Å². The van der Waals surface area contributed by atoms with Gasteiger partial charge in [0, 0.05) is 49.2 Å². The first kappa shape index (κ1) is 119. The molecule has 1 aromatic carbocycles. The van der Waals surface area contributed by atoms with Crippen LogP contribution in [0.15, 0.2) is 68.5 Å². The highest BCUT2D eigenvalue weighted by atomic mass is 79.9. The number of unbranched alkanes of at least 4 members (excludes halogenated alkanes) is 54. The Morgan fingerprint density at radius 3 is 0.745 bits per heavy atom. The Labute approximate surface area is 923 Å². The highest BCUT2D eigenvalue weighted by Gasteiger charge is 2.60. The molecule has 11 nitrogen and oxygen atoms in total. The smallest absolute Gasteiger partial charge is 0.467 e. The summed E-state index contributed by atoms with van der Waals surface area (Å²) in [6, 6.07) is 19.0. The molecule has 22 heteroatoms. The first-order valence-electron chi connectivity index (χ1n) is 59.8.